The van der Waals surface area contributed by atoms with Gasteiger partial charge in [-0.25, -0.2) is 4.79 Å². The number of carboxylic acid groups (broad SMARTS) is 1. The van der Waals surface area contributed by atoms with Crippen LogP contribution < -0.4 is 14.8 Å². The molecule has 0 saturated carbocycles. The molecule has 1 aliphatic heterocycles. The van der Waals surface area contributed by atoms with E-state index in [0.717, 1.165) is 0 Å². The summed E-state index contributed by atoms with van der Waals surface area (Å²) in [6.45, 7) is 3.80. The highest BCUT2D eigenvalue weighted by atomic mass is 16.5. The molecule has 1 aromatic heterocycles. The van der Waals surface area contributed by atoms with Crippen LogP contribution in [0.4, 0.5) is 5.95 Å². The Morgan fingerprint density at radius 2 is 2.21 bits per heavy atom. The average Bonchev–Trinajstić information content (AvgIpc) is 3.02. The number of benzene rings is 1. The second kappa shape index (κ2) is 6.19. The number of anilines is 1. The fraction of sp³-hybridized carbons (Fsp3) is 0.333. The molecule has 1 aromatic carbocycles. The molecular formula is C15H17N5O4. The molecule has 9 nitrogen and oxygen atoms in total. The van der Waals surface area contributed by atoms with Crippen LogP contribution in [-0.2, 0) is 4.79 Å². The summed E-state index contributed by atoms with van der Waals surface area (Å²) in [5.41, 5.74) is 0.706. The SMILES string of the molecule is COc1cccc(C2C=C(C(=O)O)Nc3nnnn32)c1OC(C)C. The van der Waals surface area contributed by atoms with Gasteiger partial charge in [0.2, 0.25) is 5.95 Å². The number of para-hydroxylation sites is 1. The van der Waals surface area contributed by atoms with Gasteiger partial charge in [-0.1, -0.05) is 17.2 Å². The first-order valence-electron chi connectivity index (χ1n) is 7.34. The molecule has 0 aliphatic carbocycles. The Bertz CT molecular complexity index is 799. The number of ether oxygens (including phenoxy) is 2. The zero-order valence-electron chi connectivity index (χ0n) is 13.4. The molecule has 2 aromatic rings. The second-order valence-electron chi connectivity index (χ2n) is 5.45. The van der Waals surface area contributed by atoms with Gasteiger partial charge in [0, 0.05) is 5.56 Å². The third kappa shape index (κ3) is 2.75. The number of nitrogens with one attached hydrogen (secondary N) is 1. The number of aromatic nitrogens is 4. The number of methoxy groups -OCH3 is 1. The highest BCUT2D eigenvalue weighted by Crippen LogP contribution is 2.39. The monoisotopic (exact) mass is 331 g/mol. The first-order chi connectivity index (χ1) is 11.5. The molecule has 2 N–H and O–H groups in total. The quantitative estimate of drug-likeness (QED) is 0.847. The number of carbonyl (C=O) groups is 1. The number of carboxylic acids is 1. The maximum absolute atomic E-state index is 11.4. The Balaban J connectivity index is 2.16. The molecule has 24 heavy (non-hydrogen) atoms. The van der Waals surface area contributed by atoms with Crippen LogP contribution in [0.2, 0.25) is 0 Å². The molecule has 1 atom stereocenters. The van der Waals surface area contributed by atoms with Gasteiger partial charge in [-0.05, 0) is 36.4 Å². The lowest BCUT2D eigenvalue weighted by Gasteiger charge is -2.25. The van der Waals surface area contributed by atoms with E-state index < -0.39 is 12.0 Å². The van der Waals surface area contributed by atoms with Crippen molar-refractivity contribution in [3.8, 4) is 11.5 Å². The summed E-state index contributed by atoms with van der Waals surface area (Å²) in [6, 6.07) is 4.88. The van der Waals surface area contributed by atoms with Gasteiger partial charge in [0.1, 0.15) is 11.7 Å². The number of tetrazole rings is 1. The Kier molecular flexibility index (Phi) is 4.07. The van der Waals surface area contributed by atoms with Crippen LogP contribution in [0, 0.1) is 0 Å². The summed E-state index contributed by atoms with van der Waals surface area (Å²) >= 11 is 0. The maximum Gasteiger partial charge on any atom is 0.352 e. The van der Waals surface area contributed by atoms with Crippen LogP contribution >= 0.6 is 0 Å². The first-order valence-corrected chi connectivity index (χ1v) is 7.34. The zero-order valence-corrected chi connectivity index (χ0v) is 13.4. The van der Waals surface area contributed by atoms with Crippen LogP contribution in [0.3, 0.4) is 0 Å². The minimum absolute atomic E-state index is 0.000571. The fourth-order valence-corrected chi connectivity index (χ4v) is 2.49. The van der Waals surface area contributed by atoms with Crippen LogP contribution in [0.25, 0.3) is 0 Å². The van der Waals surface area contributed by atoms with E-state index in [0.29, 0.717) is 17.1 Å². The summed E-state index contributed by atoms with van der Waals surface area (Å²) in [4.78, 5) is 11.4. The van der Waals surface area contributed by atoms with Crippen molar-refractivity contribution in [2.75, 3.05) is 12.4 Å². The van der Waals surface area contributed by atoms with E-state index in [1.807, 2.05) is 26.0 Å². The van der Waals surface area contributed by atoms with Crippen molar-refractivity contribution in [3.63, 3.8) is 0 Å². The van der Waals surface area contributed by atoms with Crippen molar-refractivity contribution in [1.29, 1.82) is 0 Å². The van der Waals surface area contributed by atoms with Crippen LogP contribution in [-0.4, -0.2) is 44.5 Å². The molecule has 3 rings (SSSR count). The lowest BCUT2D eigenvalue weighted by Crippen LogP contribution is -2.25. The highest BCUT2D eigenvalue weighted by Gasteiger charge is 2.29. The third-order valence-corrected chi connectivity index (χ3v) is 3.46. The minimum atomic E-state index is -1.09. The summed E-state index contributed by atoms with van der Waals surface area (Å²) in [5, 5.41) is 23.4. The molecular weight excluding hydrogens is 314 g/mol. The van der Waals surface area contributed by atoms with Crippen molar-refractivity contribution >= 4 is 11.9 Å². The van der Waals surface area contributed by atoms with Crippen molar-refractivity contribution in [3.05, 3.63) is 35.5 Å². The number of nitrogens with zero attached hydrogens (tertiary/aromatic N) is 4. The van der Waals surface area contributed by atoms with Crippen LogP contribution in [0.15, 0.2) is 30.0 Å². The maximum atomic E-state index is 11.4. The minimum Gasteiger partial charge on any atom is -0.493 e. The summed E-state index contributed by atoms with van der Waals surface area (Å²) in [6.07, 6.45) is 1.45. The molecule has 0 amide bonds. The van der Waals surface area contributed by atoms with Crippen LogP contribution in [0.5, 0.6) is 11.5 Å². The first kappa shape index (κ1) is 15.8. The number of rotatable bonds is 5. The fourth-order valence-electron chi connectivity index (χ4n) is 2.49. The van der Waals surface area contributed by atoms with E-state index >= 15 is 0 Å². The number of hydrogen-bond donors (Lipinski definition) is 2. The lowest BCUT2D eigenvalue weighted by molar-refractivity contribution is -0.132. The molecule has 0 radical (unpaired) electrons. The molecule has 126 valence electrons. The average molecular weight is 331 g/mol. The molecule has 2 heterocycles. The van der Waals surface area contributed by atoms with E-state index in [-0.39, 0.29) is 17.7 Å². The molecule has 0 fully saturated rings. The van der Waals surface area contributed by atoms with E-state index in [1.54, 1.807) is 13.2 Å². The topological polar surface area (TPSA) is 111 Å². The van der Waals surface area contributed by atoms with Crippen LogP contribution in [0.1, 0.15) is 25.5 Å². The third-order valence-electron chi connectivity index (χ3n) is 3.46. The predicted octanol–water partition coefficient (Wildman–Crippen LogP) is 1.45. The molecule has 0 spiro atoms. The standard InChI is InChI=1S/C15H17N5O4/c1-8(2)24-13-9(5-4-6-12(13)23-3)11-7-10(14(21)22)16-15-17-18-19-20(11)15/h4-8,11H,1-3H3,(H,21,22)(H,16,17,19). The summed E-state index contributed by atoms with van der Waals surface area (Å²) < 4.78 is 12.8. The van der Waals surface area contributed by atoms with E-state index in [2.05, 4.69) is 20.8 Å². The van der Waals surface area contributed by atoms with Gasteiger partial charge in [-0.2, -0.15) is 4.68 Å². The van der Waals surface area contributed by atoms with Gasteiger partial charge in [0.15, 0.2) is 11.5 Å². The second-order valence-corrected chi connectivity index (χ2v) is 5.45. The van der Waals surface area contributed by atoms with Crippen molar-refractivity contribution in [2.45, 2.75) is 26.0 Å². The normalized spacial score (nSPS) is 16.2. The smallest absolute Gasteiger partial charge is 0.352 e. The summed E-state index contributed by atoms with van der Waals surface area (Å²) in [7, 11) is 1.55. The molecule has 1 aliphatic rings. The Morgan fingerprint density at radius 3 is 2.88 bits per heavy atom. The van der Waals surface area contributed by atoms with Gasteiger partial charge >= 0.3 is 5.97 Å². The van der Waals surface area contributed by atoms with Gasteiger partial charge < -0.3 is 19.9 Å². The van der Waals surface area contributed by atoms with E-state index in [9.17, 15) is 9.90 Å². The van der Waals surface area contributed by atoms with Crippen molar-refractivity contribution < 1.29 is 19.4 Å². The molecule has 0 bridgehead atoms. The van der Waals surface area contributed by atoms with Crippen molar-refractivity contribution in [2.24, 2.45) is 0 Å². The van der Waals surface area contributed by atoms with Gasteiger partial charge in [-0.15, -0.1) is 0 Å². The highest BCUT2D eigenvalue weighted by molar-refractivity contribution is 5.90. The van der Waals surface area contributed by atoms with Gasteiger partial charge in [-0.3, -0.25) is 0 Å². The van der Waals surface area contributed by atoms with E-state index in [1.165, 1.54) is 10.8 Å². The number of fused-ring (bicyclic) bond motifs is 1. The van der Waals surface area contributed by atoms with Gasteiger partial charge in [0.05, 0.1) is 13.2 Å². The molecule has 0 saturated heterocycles. The largest absolute Gasteiger partial charge is 0.493 e. The Labute approximate surface area is 137 Å². The number of hydrogen-bond acceptors (Lipinski definition) is 7. The summed E-state index contributed by atoms with van der Waals surface area (Å²) in [5.74, 6) is 0.241. The number of aliphatic carboxylic acids is 1. The molecule has 9 heteroatoms. The van der Waals surface area contributed by atoms with Gasteiger partial charge in [0.25, 0.3) is 0 Å². The Morgan fingerprint density at radius 1 is 1.42 bits per heavy atom. The predicted molar refractivity (Wildman–Crippen MR) is 84.1 cm³/mol. The molecule has 1 unspecified atom stereocenters. The Hall–Kier alpha value is -3.10. The number of allylic oxidation sites excluding steroid dienone is 1. The van der Waals surface area contributed by atoms with Crippen molar-refractivity contribution in [1.82, 2.24) is 20.2 Å². The zero-order chi connectivity index (χ0) is 17.3. The van der Waals surface area contributed by atoms with E-state index in [4.69, 9.17) is 9.47 Å². The lowest BCUT2D eigenvalue weighted by atomic mass is 10.0.